The number of ether oxygens (including phenoxy) is 2. The van der Waals surface area contributed by atoms with Crippen LogP contribution >= 0.6 is 0 Å². The van der Waals surface area contributed by atoms with Crippen LogP contribution in [0.4, 0.5) is 10.5 Å². The van der Waals surface area contributed by atoms with Gasteiger partial charge in [0.05, 0.1) is 6.54 Å². The van der Waals surface area contributed by atoms with Gasteiger partial charge in [-0.15, -0.1) is 0 Å². The third-order valence-corrected chi connectivity index (χ3v) is 6.40. The summed E-state index contributed by atoms with van der Waals surface area (Å²) in [4.78, 5) is 42.1. The molecule has 2 atom stereocenters. The molecule has 2 aliphatic rings. The Morgan fingerprint density at radius 3 is 2.53 bits per heavy atom. The molecule has 34 heavy (non-hydrogen) atoms. The van der Waals surface area contributed by atoms with Gasteiger partial charge in [0.25, 0.3) is 0 Å². The number of piperidine rings is 1. The van der Waals surface area contributed by atoms with Gasteiger partial charge in [0.15, 0.2) is 12.1 Å². The first-order valence-corrected chi connectivity index (χ1v) is 11.6. The lowest BCUT2D eigenvalue weighted by Gasteiger charge is -2.34. The van der Waals surface area contributed by atoms with E-state index in [0.29, 0.717) is 30.3 Å². The molecule has 2 heterocycles. The minimum Gasteiger partial charge on any atom is -0.438 e. The Morgan fingerprint density at radius 1 is 1.09 bits per heavy atom. The second kappa shape index (κ2) is 10.7. The molecule has 0 bridgehead atoms. The van der Waals surface area contributed by atoms with Gasteiger partial charge in [0, 0.05) is 25.9 Å². The standard InChI is InChI=1S/C26H31N3O5/c1-18-11-13-28(14-12-18)25(31)23-24(20-9-6-10-21(15-20)27-22(30)17-33-2)34-26(32)29(23)16-19-7-4-3-5-8-19/h3-10,15,18,23-24H,11-14,16-17H2,1-2H3,(H,27,30). The van der Waals surface area contributed by atoms with E-state index in [1.165, 1.54) is 12.0 Å². The topological polar surface area (TPSA) is 88.2 Å². The Kier molecular flexibility index (Phi) is 7.47. The van der Waals surface area contributed by atoms with Gasteiger partial charge in [-0.2, -0.15) is 0 Å². The van der Waals surface area contributed by atoms with Crippen molar-refractivity contribution in [1.29, 1.82) is 0 Å². The van der Waals surface area contributed by atoms with Crippen LogP contribution in [0.25, 0.3) is 0 Å². The van der Waals surface area contributed by atoms with E-state index < -0.39 is 18.2 Å². The second-order valence-corrected chi connectivity index (χ2v) is 8.98. The van der Waals surface area contributed by atoms with Crippen LogP contribution < -0.4 is 5.32 Å². The molecule has 2 saturated heterocycles. The van der Waals surface area contributed by atoms with E-state index in [9.17, 15) is 14.4 Å². The fourth-order valence-corrected chi connectivity index (χ4v) is 4.51. The number of nitrogens with one attached hydrogen (secondary N) is 1. The number of carbonyl (C=O) groups is 3. The molecule has 2 unspecified atom stereocenters. The first-order chi connectivity index (χ1) is 16.5. The molecule has 0 aromatic heterocycles. The highest BCUT2D eigenvalue weighted by Gasteiger charge is 2.48. The molecular formula is C26H31N3O5. The predicted octanol–water partition coefficient (Wildman–Crippen LogP) is 3.59. The summed E-state index contributed by atoms with van der Waals surface area (Å²) >= 11 is 0. The number of hydrogen-bond donors (Lipinski definition) is 1. The number of amides is 3. The van der Waals surface area contributed by atoms with Crippen molar-refractivity contribution < 1.29 is 23.9 Å². The third-order valence-electron chi connectivity index (χ3n) is 6.40. The number of hydrogen-bond acceptors (Lipinski definition) is 5. The largest absolute Gasteiger partial charge is 0.438 e. The van der Waals surface area contributed by atoms with E-state index in [2.05, 4.69) is 12.2 Å². The smallest absolute Gasteiger partial charge is 0.411 e. The van der Waals surface area contributed by atoms with Crippen molar-refractivity contribution in [2.24, 2.45) is 5.92 Å². The van der Waals surface area contributed by atoms with Gasteiger partial charge >= 0.3 is 6.09 Å². The molecule has 8 nitrogen and oxygen atoms in total. The van der Waals surface area contributed by atoms with Crippen molar-refractivity contribution in [1.82, 2.24) is 9.80 Å². The normalized spacial score (nSPS) is 20.8. The van der Waals surface area contributed by atoms with Gasteiger partial charge in [-0.25, -0.2) is 4.79 Å². The summed E-state index contributed by atoms with van der Waals surface area (Å²) in [5.74, 6) is 0.186. The van der Waals surface area contributed by atoms with Crippen LogP contribution in [0.1, 0.15) is 37.0 Å². The van der Waals surface area contributed by atoms with Crippen LogP contribution in [-0.2, 0) is 25.6 Å². The summed E-state index contributed by atoms with van der Waals surface area (Å²) in [5.41, 5.74) is 2.13. The zero-order valence-electron chi connectivity index (χ0n) is 19.6. The molecule has 0 spiro atoms. The minimum absolute atomic E-state index is 0.0675. The highest BCUT2D eigenvalue weighted by Crippen LogP contribution is 2.36. The number of carbonyl (C=O) groups excluding carboxylic acids is 3. The number of likely N-dealkylation sites (tertiary alicyclic amines) is 1. The van der Waals surface area contributed by atoms with Crippen molar-refractivity contribution in [2.45, 2.75) is 38.5 Å². The Morgan fingerprint density at radius 2 is 1.82 bits per heavy atom. The monoisotopic (exact) mass is 465 g/mol. The van der Waals surface area contributed by atoms with Crippen LogP contribution in [-0.4, -0.2) is 60.6 Å². The summed E-state index contributed by atoms with van der Waals surface area (Å²) < 4.78 is 10.7. The van der Waals surface area contributed by atoms with Gasteiger partial charge < -0.3 is 19.7 Å². The third kappa shape index (κ3) is 5.39. The van der Waals surface area contributed by atoms with E-state index in [1.54, 1.807) is 18.2 Å². The number of methoxy groups -OCH3 is 1. The van der Waals surface area contributed by atoms with Crippen LogP contribution in [0.5, 0.6) is 0 Å². The molecule has 4 rings (SSSR count). The molecule has 0 radical (unpaired) electrons. The van der Waals surface area contributed by atoms with Crippen molar-refractivity contribution in [3.63, 3.8) is 0 Å². The number of benzene rings is 2. The van der Waals surface area contributed by atoms with Crippen LogP contribution in [0.15, 0.2) is 54.6 Å². The molecule has 2 fully saturated rings. The average molecular weight is 466 g/mol. The summed E-state index contributed by atoms with van der Waals surface area (Å²) in [6, 6.07) is 15.9. The lowest BCUT2D eigenvalue weighted by atomic mass is 9.96. The Balaban J connectivity index is 1.63. The SMILES string of the molecule is COCC(=O)Nc1cccc(C2OC(=O)N(Cc3ccccc3)C2C(=O)N2CCC(C)CC2)c1. The predicted molar refractivity (Wildman–Crippen MR) is 127 cm³/mol. The van der Waals surface area contributed by atoms with E-state index >= 15 is 0 Å². The van der Waals surface area contributed by atoms with Crippen LogP contribution in [0, 0.1) is 5.92 Å². The fourth-order valence-electron chi connectivity index (χ4n) is 4.51. The van der Waals surface area contributed by atoms with Gasteiger partial charge in [-0.3, -0.25) is 14.5 Å². The highest BCUT2D eigenvalue weighted by molar-refractivity contribution is 5.92. The van der Waals surface area contributed by atoms with Crippen LogP contribution in [0.2, 0.25) is 0 Å². The molecular weight excluding hydrogens is 434 g/mol. The maximum Gasteiger partial charge on any atom is 0.411 e. The van der Waals surface area contributed by atoms with Crippen molar-refractivity contribution >= 4 is 23.6 Å². The molecule has 0 saturated carbocycles. The molecule has 3 amide bonds. The number of cyclic esters (lactones) is 1. The molecule has 2 aromatic carbocycles. The van der Waals surface area contributed by atoms with E-state index in [4.69, 9.17) is 9.47 Å². The maximum atomic E-state index is 13.8. The summed E-state index contributed by atoms with van der Waals surface area (Å²) in [7, 11) is 1.45. The number of rotatable bonds is 7. The highest BCUT2D eigenvalue weighted by atomic mass is 16.6. The zero-order valence-corrected chi connectivity index (χ0v) is 19.6. The average Bonchev–Trinajstić information content (AvgIpc) is 3.16. The van der Waals surface area contributed by atoms with Gasteiger partial charge in [0.2, 0.25) is 11.8 Å². The van der Waals surface area contributed by atoms with Crippen LogP contribution in [0.3, 0.4) is 0 Å². The van der Waals surface area contributed by atoms with E-state index in [0.717, 1.165) is 18.4 Å². The number of anilines is 1. The Labute approximate surface area is 199 Å². The molecule has 2 aliphatic heterocycles. The number of nitrogens with zero attached hydrogens (tertiary/aromatic N) is 2. The quantitative estimate of drug-likeness (QED) is 0.675. The lowest BCUT2D eigenvalue weighted by molar-refractivity contribution is -0.138. The Hall–Kier alpha value is -3.39. The van der Waals surface area contributed by atoms with Crippen molar-refractivity contribution in [2.75, 3.05) is 32.1 Å². The zero-order chi connectivity index (χ0) is 24.1. The first kappa shape index (κ1) is 23.8. The van der Waals surface area contributed by atoms with Gasteiger partial charge in [-0.1, -0.05) is 49.4 Å². The van der Waals surface area contributed by atoms with Gasteiger partial charge in [0.1, 0.15) is 6.61 Å². The minimum atomic E-state index is -0.786. The summed E-state index contributed by atoms with van der Waals surface area (Å²) in [5, 5.41) is 2.77. The lowest BCUT2D eigenvalue weighted by Crippen LogP contribution is -2.50. The molecule has 1 N–H and O–H groups in total. The van der Waals surface area contributed by atoms with E-state index in [1.807, 2.05) is 41.3 Å². The molecule has 8 heteroatoms. The Bertz CT molecular complexity index is 1020. The van der Waals surface area contributed by atoms with Crippen molar-refractivity contribution in [3.05, 3.63) is 65.7 Å². The first-order valence-electron chi connectivity index (χ1n) is 11.6. The molecule has 0 aliphatic carbocycles. The van der Waals surface area contributed by atoms with E-state index in [-0.39, 0.29) is 25.0 Å². The maximum absolute atomic E-state index is 13.8. The fraction of sp³-hybridized carbons (Fsp3) is 0.423. The van der Waals surface area contributed by atoms with Crippen molar-refractivity contribution in [3.8, 4) is 0 Å². The second-order valence-electron chi connectivity index (χ2n) is 8.98. The summed E-state index contributed by atoms with van der Waals surface area (Å²) in [6.45, 7) is 3.74. The van der Waals surface area contributed by atoms with Gasteiger partial charge in [-0.05, 0) is 42.0 Å². The summed E-state index contributed by atoms with van der Waals surface area (Å²) in [6.07, 6.45) is 0.587. The molecule has 180 valence electrons. The molecule has 2 aromatic rings.